The van der Waals surface area contributed by atoms with Crippen LogP contribution in [0.3, 0.4) is 0 Å². The van der Waals surface area contributed by atoms with Crippen molar-refractivity contribution in [2.75, 3.05) is 0 Å². The number of halogens is 4. The third kappa shape index (κ3) is 3.32. The number of rotatable bonds is 2. The second-order valence-electron chi connectivity index (χ2n) is 6.46. The normalized spacial score (nSPS) is 20.6. The van der Waals surface area contributed by atoms with Crippen LogP contribution < -0.4 is 4.74 Å². The molecule has 0 radical (unpaired) electrons. The molecular weight excluding hydrogens is 640 g/mol. The molecule has 1 aliphatic heterocycles. The van der Waals surface area contributed by atoms with Crippen LogP contribution in [0.4, 0.5) is 0 Å². The zero-order valence-electron chi connectivity index (χ0n) is 14.2. The van der Waals surface area contributed by atoms with E-state index in [0.29, 0.717) is 36.1 Å². The maximum atomic E-state index is 12.5. The number of aromatic hydroxyl groups is 1. The number of allylic oxidation sites excluding steroid dienone is 3. The lowest BCUT2D eigenvalue weighted by atomic mass is 9.74. The molecule has 2 aromatic rings. The van der Waals surface area contributed by atoms with E-state index in [1.807, 2.05) is 0 Å². The maximum absolute atomic E-state index is 12.5. The third-order valence-electron chi connectivity index (χ3n) is 4.87. The van der Waals surface area contributed by atoms with Crippen LogP contribution in [0.25, 0.3) is 0 Å². The van der Waals surface area contributed by atoms with E-state index in [9.17, 15) is 19.8 Å². The van der Waals surface area contributed by atoms with Crippen LogP contribution >= 0.6 is 63.7 Å². The number of fused-ring (bicyclic) bond motifs is 2. The molecule has 0 spiro atoms. The number of ketones is 1. The number of carboxylic acid groups (broad SMARTS) is 1. The average Bonchev–Trinajstić information content (AvgIpc) is 2.69. The van der Waals surface area contributed by atoms with Crippen molar-refractivity contribution in [2.45, 2.75) is 5.92 Å². The Morgan fingerprint density at radius 3 is 2.45 bits per heavy atom. The lowest BCUT2D eigenvalue weighted by molar-refractivity contribution is -0.111. The predicted molar refractivity (Wildman–Crippen MR) is 121 cm³/mol. The van der Waals surface area contributed by atoms with E-state index in [4.69, 9.17) is 4.74 Å². The van der Waals surface area contributed by atoms with Gasteiger partial charge in [0.2, 0.25) is 5.78 Å². The van der Waals surface area contributed by atoms with Crippen molar-refractivity contribution in [3.63, 3.8) is 0 Å². The summed E-state index contributed by atoms with van der Waals surface area (Å²) in [6, 6.07) is 8.44. The van der Waals surface area contributed by atoms with Gasteiger partial charge in [0.15, 0.2) is 0 Å². The minimum absolute atomic E-state index is 0.0527. The van der Waals surface area contributed by atoms with Gasteiger partial charge >= 0.3 is 5.97 Å². The molecule has 2 atom stereocenters. The molecule has 0 unspecified atom stereocenters. The van der Waals surface area contributed by atoms with Gasteiger partial charge in [0.25, 0.3) is 0 Å². The number of Topliss-reactive ketones (excluding diaryl/α,β-unsaturated/α-hetero) is 1. The van der Waals surface area contributed by atoms with Gasteiger partial charge in [0.05, 0.1) is 14.5 Å². The fourth-order valence-corrected chi connectivity index (χ4v) is 6.15. The van der Waals surface area contributed by atoms with Crippen molar-refractivity contribution in [2.24, 2.45) is 5.92 Å². The zero-order valence-corrected chi connectivity index (χ0v) is 20.6. The molecular formula is C20H10Br4O5. The van der Waals surface area contributed by atoms with Crippen molar-refractivity contribution in [3.05, 3.63) is 76.8 Å². The Kier molecular flexibility index (Phi) is 5.52. The number of hydrogen-bond acceptors (Lipinski definition) is 4. The largest absolute Gasteiger partial charge is 0.505 e. The smallest absolute Gasteiger partial charge is 0.335 e. The fraction of sp³-hybridized carbons (Fsp3) is 0.100. The number of hydrogen-bond donors (Lipinski definition) is 2. The Bertz CT molecular complexity index is 1150. The summed E-state index contributed by atoms with van der Waals surface area (Å²) in [5, 5.41) is 20.1. The molecule has 0 bridgehead atoms. The highest BCUT2D eigenvalue weighted by Crippen LogP contribution is 2.55. The summed E-state index contributed by atoms with van der Waals surface area (Å²) in [6.07, 6.45) is 1.73. The standard InChI is InChI=1S/C20H10Br4O5/c21-11-5-9-13(7-3-1-2-4-8(7)20(27)28)10-6-12(22)17(26)15(24)19(10)29-18(9)14(23)16(11)25/h1-6,9,13,26H,(H,27,28)/t9-,13+/m0/s1. The van der Waals surface area contributed by atoms with Crippen LogP contribution in [0.15, 0.2) is 60.1 Å². The Morgan fingerprint density at radius 2 is 1.76 bits per heavy atom. The zero-order chi connectivity index (χ0) is 21.0. The van der Waals surface area contributed by atoms with Gasteiger partial charge in [-0.3, -0.25) is 4.79 Å². The van der Waals surface area contributed by atoms with Crippen LogP contribution in [0.1, 0.15) is 27.4 Å². The molecule has 29 heavy (non-hydrogen) atoms. The summed E-state index contributed by atoms with van der Waals surface area (Å²) in [7, 11) is 0. The van der Waals surface area contributed by atoms with Crippen molar-refractivity contribution >= 4 is 75.5 Å². The van der Waals surface area contributed by atoms with Crippen molar-refractivity contribution < 1.29 is 24.5 Å². The van der Waals surface area contributed by atoms with Gasteiger partial charge in [0.1, 0.15) is 26.2 Å². The summed E-state index contributed by atoms with van der Waals surface area (Å²) < 4.78 is 7.41. The van der Waals surface area contributed by atoms with Crippen LogP contribution in [0, 0.1) is 5.92 Å². The summed E-state index contributed by atoms with van der Waals surface area (Å²) in [4.78, 5) is 24.4. The monoisotopic (exact) mass is 646 g/mol. The fourth-order valence-electron chi connectivity index (χ4n) is 3.60. The number of phenolic OH excluding ortho intramolecular Hbond substituents is 1. The van der Waals surface area contributed by atoms with Crippen molar-refractivity contribution in [1.29, 1.82) is 0 Å². The van der Waals surface area contributed by atoms with Gasteiger partial charge in [0, 0.05) is 17.4 Å². The van der Waals surface area contributed by atoms with Gasteiger partial charge in [-0.1, -0.05) is 24.3 Å². The third-order valence-corrected chi connectivity index (χ3v) is 7.59. The highest BCUT2D eigenvalue weighted by Gasteiger charge is 2.43. The Morgan fingerprint density at radius 1 is 1.07 bits per heavy atom. The number of carboxylic acids is 1. The molecule has 0 amide bonds. The first-order valence-corrected chi connectivity index (χ1v) is 11.4. The molecule has 0 saturated heterocycles. The number of carbonyl (C=O) groups excluding carboxylic acids is 1. The molecule has 9 heteroatoms. The van der Waals surface area contributed by atoms with Gasteiger partial charge in [-0.2, -0.15) is 0 Å². The highest BCUT2D eigenvalue weighted by atomic mass is 79.9. The van der Waals surface area contributed by atoms with Gasteiger partial charge in [-0.15, -0.1) is 0 Å². The number of benzene rings is 2. The first kappa shape index (κ1) is 20.8. The first-order valence-electron chi connectivity index (χ1n) is 8.25. The summed E-state index contributed by atoms with van der Waals surface area (Å²) in [5.41, 5.74) is 1.40. The Balaban J connectivity index is 2.08. The SMILES string of the molecule is O=C1C(Br)=C[C@@H]2C(=C1Br)Oc1c(cc(Br)c(O)c1Br)[C@@H]2c1ccccc1C(=O)O. The van der Waals surface area contributed by atoms with E-state index in [0.717, 1.165) is 0 Å². The minimum atomic E-state index is -1.05. The number of phenols is 1. The van der Waals surface area contributed by atoms with E-state index >= 15 is 0 Å². The van der Waals surface area contributed by atoms with Crippen LogP contribution in [0.5, 0.6) is 11.5 Å². The second-order valence-corrected chi connectivity index (χ2v) is 9.75. The van der Waals surface area contributed by atoms with E-state index in [1.165, 1.54) is 0 Å². The van der Waals surface area contributed by atoms with Crippen LogP contribution in [-0.4, -0.2) is 22.0 Å². The maximum Gasteiger partial charge on any atom is 0.335 e. The van der Waals surface area contributed by atoms with E-state index < -0.39 is 17.8 Å². The van der Waals surface area contributed by atoms with Crippen LogP contribution in [-0.2, 0) is 4.79 Å². The molecule has 0 aromatic heterocycles. The molecule has 2 aliphatic rings. The minimum Gasteiger partial charge on any atom is -0.505 e. The van der Waals surface area contributed by atoms with E-state index in [1.54, 1.807) is 36.4 Å². The molecule has 1 heterocycles. The molecule has 1 aliphatic carbocycles. The van der Waals surface area contributed by atoms with Gasteiger partial charge < -0.3 is 14.9 Å². The van der Waals surface area contributed by atoms with Crippen molar-refractivity contribution in [3.8, 4) is 11.5 Å². The molecule has 2 aromatic carbocycles. The topological polar surface area (TPSA) is 83.8 Å². The lowest BCUT2D eigenvalue weighted by Gasteiger charge is -2.37. The molecule has 0 saturated carbocycles. The predicted octanol–water partition coefficient (Wildman–Crippen LogP) is 6.22. The number of carbonyl (C=O) groups is 2. The van der Waals surface area contributed by atoms with E-state index in [2.05, 4.69) is 63.7 Å². The Hall–Kier alpha value is -1.42. The summed E-state index contributed by atoms with van der Waals surface area (Å²) in [6.45, 7) is 0. The van der Waals surface area contributed by atoms with Gasteiger partial charge in [-0.25, -0.2) is 4.79 Å². The number of aromatic carboxylic acids is 1. The first-order chi connectivity index (χ1) is 13.7. The second kappa shape index (κ2) is 7.68. The molecule has 5 nitrogen and oxygen atoms in total. The number of ether oxygens (including phenoxy) is 1. The van der Waals surface area contributed by atoms with E-state index in [-0.39, 0.29) is 21.6 Å². The molecule has 2 N–H and O–H groups in total. The van der Waals surface area contributed by atoms with Crippen molar-refractivity contribution in [1.82, 2.24) is 0 Å². The summed E-state index contributed by atoms with van der Waals surface area (Å²) in [5.74, 6) is -1.59. The van der Waals surface area contributed by atoms with Gasteiger partial charge in [-0.05, 0) is 81.4 Å². The molecule has 148 valence electrons. The molecule has 4 rings (SSSR count). The average molecular weight is 650 g/mol. The summed E-state index contributed by atoms with van der Waals surface area (Å²) >= 11 is 13.3. The Labute approximate surface area is 199 Å². The quantitative estimate of drug-likeness (QED) is 0.404. The highest BCUT2D eigenvalue weighted by molar-refractivity contribution is 9.13. The lowest BCUT2D eigenvalue weighted by Crippen LogP contribution is -2.30. The molecule has 0 fully saturated rings. The van der Waals surface area contributed by atoms with Crippen LogP contribution in [0.2, 0.25) is 0 Å².